The summed E-state index contributed by atoms with van der Waals surface area (Å²) in [6.45, 7) is 1.08. The van der Waals surface area contributed by atoms with Gasteiger partial charge in [0.05, 0.1) is 33.4 Å². The number of hydrogen-bond donors (Lipinski definition) is 0. The second-order valence-electron chi connectivity index (χ2n) is 9.35. The molecule has 0 spiro atoms. The van der Waals surface area contributed by atoms with E-state index in [1.165, 1.54) is 12.1 Å². The summed E-state index contributed by atoms with van der Waals surface area (Å²) in [5.74, 6) is -22.7. The van der Waals surface area contributed by atoms with Crippen LogP contribution in [0.2, 0.25) is 0 Å². The smallest absolute Gasteiger partial charge is 0.180 e. The van der Waals surface area contributed by atoms with Crippen LogP contribution in [0, 0.1) is 133 Å². The molecule has 1 unspecified atom stereocenters. The summed E-state index contributed by atoms with van der Waals surface area (Å²) < 4.78 is 149. The molecular weight excluding hydrogens is 677 g/mol. The van der Waals surface area contributed by atoms with Gasteiger partial charge in [-0.15, -0.1) is 9.24 Å². The molecular formula is C31H5F10N6P. The highest BCUT2D eigenvalue weighted by Gasteiger charge is 2.46. The van der Waals surface area contributed by atoms with Gasteiger partial charge in [0.15, 0.2) is 58.2 Å². The SMILES string of the molecule is Cc1c(P)c(C(C#N)=C2C(=C(C#N)c3c(F)c(F)c(C#N)c(F)c3F)C2=C(C#N)c2c(F)c(F)c(C#N)c(F)c2F)c(F)c(F)c1C#N. The maximum atomic E-state index is 15.4. The van der Waals surface area contributed by atoms with Crippen molar-refractivity contribution in [3.05, 3.63) is 114 Å². The summed E-state index contributed by atoms with van der Waals surface area (Å²) in [7, 11) is 1.85. The molecule has 0 heterocycles. The van der Waals surface area contributed by atoms with Gasteiger partial charge in [-0.2, -0.15) is 31.6 Å². The average Bonchev–Trinajstić information content (AvgIpc) is 3.78. The Morgan fingerprint density at radius 2 is 0.667 bits per heavy atom. The minimum atomic E-state index is -2.40. The van der Waals surface area contributed by atoms with Crippen LogP contribution < -0.4 is 5.30 Å². The van der Waals surface area contributed by atoms with Gasteiger partial charge in [0.2, 0.25) is 0 Å². The molecule has 0 aliphatic heterocycles. The molecule has 1 aliphatic carbocycles. The van der Waals surface area contributed by atoms with Crippen LogP contribution in [0.3, 0.4) is 0 Å². The van der Waals surface area contributed by atoms with Crippen molar-refractivity contribution in [3.8, 4) is 36.4 Å². The van der Waals surface area contributed by atoms with Crippen LogP contribution in [0.5, 0.6) is 0 Å². The van der Waals surface area contributed by atoms with Crippen molar-refractivity contribution in [1.82, 2.24) is 0 Å². The predicted molar refractivity (Wildman–Crippen MR) is 145 cm³/mol. The van der Waals surface area contributed by atoms with Crippen molar-refractivity contribution >= 4 is 31.3 Å². The zero-order chi connectivity index (χ0) is 36.1. The van der Waals surface area contributed by atoms with Crippen LogP contribution in [0.1, 0.15) is 38.9 Å². The molecule has 4 rings (SSSR count). The van der Waals surface area contributed by atoms with Crippen LogP contribution in [0.4, 0.5) is 43.9 Å². The first-order valence-corrected chi connectivity index (χ1v) is 12.8. The Kier molecular flexibility index (Phi) is 8.89. The molecule has 1 fully saturated rings. The quantitative estimate of drug-likeness (QED) is 0.130. The van der Waals surface area contributed by atoms with Crippen LogP contribution >= 0.6 is 9.24 Å². The van der Waals surface area contributed by atoms with E-state index in [-0.39, 0.29) is 5.56 Å². The molecule has 0 N–H and O–H groups in total. The Bertz CT molecular complexity index is 2070. The van der Waals surface area contributed by atoms with Crippen molar-refractivity contribution in [2.45, 2.75) is 6.92 Å². The van der Waals surface area contributed by atoms with E-state index in [9.17, 15) is 43.0 Å². The van der Waals surface area contributed by atoms with E-state index in [2.05, 4.69) is 0 Å². The van der Waals surface area contributed by atoms with Gasteiger partial charge in [0, 0.05) is 22.3 Å². The van der Waals surface area contributed by atoms with Crippen molar-refractivity contribution < 1.29 is 43.9 Å². The molecule has 234 valence electrons. The summed E-state index contributed by atoms with van der Waals surface area (Å²) >= 11 is 0. The largest absolute Gasteiger partial charge is 0.203 e. The molecule has 1 atom stereocenters. The lowest BCUT2D eigenvalue weighted by molar-refractivity contribution is 0.446. The zero-order valence-electron chi connectivity index (χ0n) is 23.0. The number of halogens is 10. The van der Waals surface area contributed by atoms with Gasteiger partial charge in [-0.3, -0.25) is 0 Å². The molecule has 1 saturated carbocycles. The van der Waals surface area contributed by atoms with E-state index >= 15 is 22.0 Å². The maximum Gasteiger partial charge on any atom is 0.180 e. The van der Waals surface area contributed by atoms with Gasteiger partial charge >= 0.3 is 0 Å². The Balaban J connectivity index is 2.38. The highest BCUT2D eigenvalue weighted by molar-refractivity contribution is 7.27. The fourth-order valence-electron chi connectivity index (χ4n) is 4.75. The van der Waals surface area contributed by atoms with Gasteiger partial charge in [-0.05, 0) is 17.8 Å². The van der Waals surface area contributed by atoms with Crippen LogP contribution in [-0.4, -0.2) is 0 Å². The number of benzene rings is 3. The Morgan fingerprint density at radius 1 is 0.417 bits per heavy atom. The van der Waals surface area contributed by atoms with E-state index in [4.69, 9.17) is 10.5 Å². The summed E-state index contributed by atoms with van der Waals surface area (Å²) in [4.78, 5) is 0. The van der Waals surface area contributed by atoms with Gasteiger partial charge in [0.1, 0.15) is 47.5 Å². The summed E-state index contributed by atoms with van der Waals surface area (Å²) in [6, 6.07) is 6.63. The van der Waals surface area contributed by atoms with E-state index < -0.39 is 130 Å². The number of hydrogen-bond acceptors (Lipinski definition) is 6. The topological polar surface area (TPSA) is 143 Å². The van der Waals surface area contributed by atoms with Gasteiger partial charge in [-0.1, -0.05) is 0 Å². The molecule has 0 aromatic heterocycles. The van der Waals surface area contributed by atoms with Crippen molar-refractivity contribution in [3.63, 3.8) is 0 Å². The third-order valence-electron chi connectivity index (χ3n) is 7.07. The van der Waals surface area contributed by atoms with Gasteiger partial charge in [-0.25, -0.2) is 43.9 Å². The molecule has 0 radical (unpaired) electrons. The fraction of sp³-hybridized carbons (Fsp3) is 0.0323. The van der Waals surface area contributed by atoms with Gasteiger partial charge in [0.25, 0.3) is 0 Å². The Hall–Kier alpha value is -6.45. The molecule has 3 aromatic carbocycles. The monoisotopic (exact) mass is 682 g/mol. The minimum Gasteiger partial charge on any atom is -0.203 e. The molecule has 48 heavy (non-hydrogen) atoms. The molecule has 1 aliphatic rings. The number of rotatable bonds is 3. The lowest BCUT2D eigenvalue weighted by Gasteiger charge is -2.12. The van der Waals surface area contributed by atoms with Crippen molar-refractivity contribution in [2.24, 2.45) is 0 Å². The van der Waals surface area contributed by atoms with Crippen LogP contribution in [0.15, 0.2) is 16.7 Å². The van der Waals surface area contributed by atoms with Gasteiger partial charge < -0.3 is 0 Å². The first-order chi connectivity index (χ1) is 22.6. The van der Waals surface area contributed by atoms with Crippen molar-refractivity contribution in [2.75, 3.05) is 0 Å². The summed E-state index contributed by atoms with van der Waals surface area (Å²) in [6.07, 6.45) is 0. The first kappa shape index (κ1) is 34.4. The first-order valence-electron chi connectivity index (χ1n) is 12.3. The highest BCUT2D eigenvalue weighted by atomic mass is 31.0. The standard InChI is InChI=1S/C31H5F10N6P/c1-8-9(2-42)21(32)30(41)20(31(8)48)12(5-45)17-15(10(3-43)18-26(37)22(33)13(6-46)23(34)27(18)38)16(17)11(4-44)19-28(39)24(35)14(7-47)25(36)29(19)40/h48H2,1H3. The second-order valence-corrected chi connectivity index (χ2v) is 9.93. The average molecular weight is 682 g/mol. The lowest BCUT2D eigenvalue weighted by atomic mass is 9.97. The molecule has 6 nitrogen and oxygen atoms in total. The summed E-state index contributed by atoms with van der Waals surface area (Å²) in [5.41, 5.74) is -17.3. The van der Waals surface area contributed by atoms with Crippen LogP contribution in [0.25, 0.3) is 16.7 Å². The van der Waals surface area contributed by atoms with Crippen LogP contribution in [-0.2, 0) is 0 Å². The number of allylic oxidation sites excluding steroid dienone is 6. The second kappa shape index (κ2) is 12.4. The third kappa shape index (κ3) is 4.72. The Morgan fingerprint density at radius 3 is 0.938 bits per heavy atom. The lowest BCUT2D eigenvalue weighted by Crippen LogP contribution is -2.14. The minimum absolute atomic E-state index is 0.316. The van der Waals surface area contributed by atoms with E-state index in [0.717, 1.165) is 31.2 Å². The third-order valence-corrected chi connectivity index (χ3v) is 7.79. The van der Waals surface area contributed by atoms with Crippen molar-refractivity contribution in [1.29, 1.82) is 31.6 Å². The molecule has 3 aromatic rings. The van der Waals surface area contributed by atoms with E-state index in [1.54, 1.807) is 0 Å². The normalized spacial score (nSPS) is 13.8. The number of nitriles is 6. The van der Waals surface area contributed by atoms with E-state index in [0.29, 0.717) is 0 Å². The highest BCUT2D eigenvalue weighted by Crippen LogP contribution is 2.57. The fourth-order valence-corrected chi connectivity index (χ4v) is 5.16. The molecule has 17 heteroatoms. The molecule has 0 saturated heterocycles. The molecule has 0 bridgehead atoms. The maximum absolute atomic E-state index is 15.4. The zero-order valence-corrected chi connectivity index (χ0v) is 24.2. The van der Waals surface area contributed by atoms with E-state index in [1.807, 2.05) is 9.24 Å². The predicted octanol–water partition coefficient (Wildman–Crippen LogP) is 6.75. The molecule has 0 amide bonds. The summed E-state index contributed by atoms with van der Waals surface area (Å²) in [5, 5.41) is 56.5. The Labute approximate surface area is 264 Å². The number of nitrogens with zero attached hydrogens (tertiary/aromatic N) is 6.